The topological polar surface area (TPSA) is 43.4 Å². The molecule has 0 saturated carbocycles. The van der Waals surface area contributed by atoms with Crippen LogP contribution in [-0.4, -0.2) is 18.7 Å². The van der Waals surface area contributed by atoms with E-state index in [0.717, 1.165) is 0 Å². The molecule has 12 heavy (non-hydrogen) atoms. The molecule has 1 rings (SSSR count). The Labute approximate surface area is 70.7 Å². The molecule has 0 aliphatic heterocycles. The lowest BCUT2D eigenvalue weighted by Gasteiger charge is -2.02. The third-order valence-corrected chi connectivity index (χ3v) is 1.80. The highest BCUT2D eigenvalue weighted by Crippen LogP contribution is 2.21. The highest BCUT2D eigenvalue weighted by molar-refractivity contribution is 6.20. The molecule has 64 valence electrons. The van der Waals surface area contributed by atoms with Crippen molar-refractivity contribution in [3.8, 4) is 0 Å². The molecule has 3 nitrogen and oxygen atoms in total. The molecule has 0 heterocycles. The third-order valence-electron chi connectivity index (χ3n) is 1.80. The maximum Gasteiger partial charge on any atom is 0.208 e. The van der Waals surface area contributed by atoms with Crippen LogP contribution in [0, 0.1) is 5.92 Å². The summed E-state index contributed by atoms with van der Waals surface area (Å²) in [5.41, 5.74) is 0. The molecule has 0 fully saturated rings. The molecule has 1 aliphatic carbocycles. The lowest BCUT2D eigenvalue weighted by atomic mass is 10.0. The Morgan fingerprint density at radius 1 is 1.67 bits per heavy atom. The van der Waals surface area contributed by atoms with E-state index in [1.165, 1.54) is 13.2 Å². The Balaban J connectivity index is 2.80. The average Bonchev–Trinajstić information content (AvgIpc) is 2.32. The van der Waals surface area contributed by atoms with Crippen LogP contribution in [0.3, 0.4) is 0 Å². The van der Waals surface area contributed by atoms with Gasteiger partial charge in [0.05, 0.1) is 13.0 Å². The van der Waals surface area contributed by atoms with E-state index in [0.29, 0.717) is 6.42 Å². The summed E-state index contributed by atoms with van der Waals surface area (Å²) in [6, 6.07) is 0. The van der Waals surface area contributed by atoms with Crippen molar-refractivity contribution in [2.75, 3.05) is 7.11 Å². The Morgan fingerprint density at radius 3 is 2.75 bits per heavy atom. The Kier molecular flexibility index (Phi) is 2.43. The highest BCUT2D eigenvalue weighted by atomic mass is 16.5. The van der Waals surface area contributed by atoms with Crippen LogP contribution in [0.4, 0.5) is 0 Å². The van der Waals surface area contributed by atoms with Gasteiger partial charge in [-0.05, 0) is 6.42 Å². The molecule has 0 bridgehead atoms. The number of methoxy groups -OCH3 is 1. The molecule has 1 aliphatic rings. The molecule has 0 aromatic heterocycles. The maximum atomic E-state index is 11.3. The van der Waals surface area contributed by atoms with Crippen LogP contribution in [0.5, 0.6) is 0 Å². The van der Waals surface area contributed by atoms with Gasteiger partial charge < -0.3 is 4.74 Å². The lowest BCUT2D eigenvalue weighted by molar-refractivity contribution is -0.127. The highest BCUT2D eigenvalue weighted by Gasteiger charge is 2.34. The number of hydrogen-bond acceptors (Lipinski definition) is 3. The smallest absolute Gasteiger partial charge is 0.208 e. The summed E-state index contributed by atoms with van der Waals surface area (Å²) in [7, 11) is 1.38. The van der Waals surface area contributed by atoms with Gasteiger partial charge in [-0.25, -0.2) is 0 Å². The fourth-order valence-electron chi connectivity index (χ4n) is 1.15. The van der Waals surface area contributed by atoms with Crippen molar-refractivity contribution in [1.29, 1.82) is 0 Å². The normalized spacial score (nSPS) is 22.4. The molecule has 0 N–H and O–H groups in total. The predicted octanol–water partition coefficient (Wildman–Crippen LogP) is 0.861. The number of hydrogen-bond donors (Lipinski definition) is 0. The van der Waals surface area contributed by atoms with Crippen molar-refractivity contribution in [3.63, 3.8) is 0 Å². The SMILES string of the molecule is C=CCC1C(=O)C=C(OC)C1=O. The summed E-state index contributed by atoms with van der Waals surface area (Å²) in [6.07, 6.45) is 3.20. The molecule has 3 heteroatoms. The molecule has 1 unspecified atom stereocenters. The summed E-state index contributed by atoms with van der Waals surface area (Å²) in [6.45, 7) is 3.48. The fourth-order valence-corrected chi connectivity index (χ4v) is 1.15. The van der Waals surface area contributed by atoms with E-state index < -0.39 is 5.92 Å². The van der Waals surface area contributed by atoms with Gasteiger partial charge in [0.2, 0.25) is 5.78 Å². The number of Topliss-reactive ketones (excluding diaryl/α,β-unsaturated/α-hetero) is 1. The molecular formula is C9H10O3. The predicted molar refractivity (Wildman–Crippen MR) is 43.4 cm³/mol. The first-order valence-electron chi connectivity index (χ1n) is 3.65. The molecule has 0 spiro atoms. The van der Waals surface area contributed by atoms with E-state index in [9.17, 15) is 9.59 Å². The maximum absolute atomic E-state index is 11.3. The van der Waals surface area contributed by atoms with Gasteiger partial charge >= 0.3 is 0 Å². The van der Waals surface area contributed by atoms with Crippen LogP contribution in [0.1, 0.15) is 6.42 Å². The van der Waals surface area contributed by atoms with Crippen molar-refractivity contribution in [3.05, 3.63) is 24.5 Å². The van der Waals surface area contributed by atoms with Crippen LogP contribution in [0.2, 0.25) is 0 Å². The minimum absolute atomic E-state index is 0.159. The van der Waals surface area contributed by atoms with Crippen molar-refractivity contribution in [2.45, 2.75) is 6.42 Å². The van der Waals surface area contributed by atoms with Crippen molar-refractivity contribution >= 4 is 11.6 Å². The van der Waals surface area contributed by atoms with E-state index in [1.54, 1.807) is 6.08 Å². The zero-order valence-electron chi connectivity index (χ0n) is 6.87. The van der Waals surface area contributed by atoms with Gasteiger partial charge in [-0.3, -0.25) is 9.59 Å². The van der Waals surface area contributed by atoms with Crippen molar-refractivity contribution in [1.82, 2.24) is 0 Å². The fraction of sp³-hybridized carbons (Fsp3) is 0.333. The number of ketones is 2. The van der Waals surface area contributed by atoms with Crippen molar-refractivity contribution < 1.29 is 14.3 Å². The number of ether oxygens (including phenoxy) is 1. The average molecular weight is 166 g/mol. The number of carbonyl (C=O) groups is 2. The number of rotatable bonds is 3. The zero-order chi connectivity index (χ0) is 9.14. The van der Waals surface area contributed by atoms with Gasteiger partial charge in [-0.1, -0.05) is 6.08 Å². The van der Waals surface area contributed by atoms with Gasteiger partial charge in [0.15, 0.2) is 11.5 Å². The molecule has 0 amide bonds. The van der Waals surface area contributed by atoms with Crippen molar-refractivity contribution in [2.24, 2.45) is 5.92 Å². The van der Waals surface area contributed by atoms with Crippen LogP contribution < -0.4 is 0 Å². The number of allylic oxidation sites excluding steroid dienone is 3. The van der Waals surface area contributed by atoms with E-state index in [4.69, 9.17) is 4.74 Å². The third kappa shape index (κ3) is 1.30. The van der Waals surface area contributed by atoms with Gasteiger partial charge in [-0.15, -0.1) is 6.58 Å². The largest absolute Gasteiger partial charge is 0.493 e. The Morgan fingerprint density at radius 2 is 2.33 bits per heavy atom. The second kappa shape index (κ2) is 3.34. The summed E-state index contributed by atoms with van der Waals surface area (Å²) >= 11 is 0. The van der Waals surface area contributed by atoms with Gasteiger partial charge in [0.25, 0.3) is 0 Å². The first-order valence-corrected chi connectivity index (χ1v) is 3.65. The zero-order valence-corrected chi connectivity index (χ0v) is 6.87. The minimum atomic E-state index is -0.586. The molecule has 1 atom stereocenters. The van der Waals surface area contributed by atoms with E-state index >= 15 is 0 Å². The van der Waals surface area contributed by atoms with Gasteiger partial charge in [0.1, 0.15) is 0 Å². The van der Waals surface area contributed by atoms with E-state index in [2.05, 4.69) is 6.58 Å². The molecular weight excluding hydrogens is 156 g/mol. The monoisotopic (exact) mass is 166 g/mol. The van der Waals surface area contributed by atoms with E-state index in [-0.39, 0.29) is 17.3 Å². The summed E-state index contributed by atoms with van der Waals surface area (Å²) in [5.74, 6) is -0.844. The first kappa shape index (κ1) is 8.71. The van der Waals surface area contributed by atoms with Crippen LogP contribution in [-0.2, 0) is 14.3 Å². The van der Waals surface area contributed by atoms with Gasteiger partial charge in [-0.2, -0.15) is 0 Å². The molecule has 0 radical (unpaired) electrons. The second-order valence-electron chi connectivity index (χ2n) is 2.56. The summed E-state index contributed by atoms with van der Waals surface area (Å²) in [4.78, 5) is 22.4. The Bertz CT molecular complexity index is 263. The standard InChI is InChI=1S/C9H10O3/c1-3-4-6-7(10)5-8(12-2)9(6)11/h3,5-6H,1,4H2,2H3. The molecule has 0 saturated heterocycles. The number of carbonyl (C=O) groups excluding carboxylic acids is 2. The van der Waals surface area contributed by atoms with E-state index in [1.807, 2.05) is 0 Å². The van der Waals surface area contributed by atoms with Crippen LogP contribution in [0.15, 0.2) is 24.5 Å². The second-order valence-corrected chi connectivity index (χ2v) is 2.56. The summed E-state index contributed by atoms with van der Waals surface area (Å²) in [5, 5.41) is 0. The first-order chi connectivity index (χ1) is 5.70. The molecule has 0 aromatic carbocycles. The minimum Gasteiger partial charge on any atom is -0.493 e. The quantitative estimate of drug-likeness (QED) is 0.461. The van der Waals surface area contributed by atoms with Gasteiger partial charge in [0, 0.05) is 6.08 Å². The van der Waals surface area contributed by atoms with Crippen LogP contribution >= 0.6 is 0 Å². The molecule has 0 aromatic rings. The summed E-state index contributed by atoms with van der Waals surface area (Å²) < 4.78 is 4.73. The lowest BCUT2D eigenvalue weighted by Crippen LogP contribution is -2.16. The van der Waals surface area contributed by atoms with Crippen LogP contribution in [0.25, 0.3) is 0 Å². The Hall–Kier alpha value is -1.38.